The van der Waals surface area contributed by atoms with Gasteiger partial charge < -0.3 is 20.8 Å². The highest BCUT2D eigenvalue weighted by Crippen LogP contribution is 2.62. The van der Waals surface area contributed by atoms with Crippen LogP contribution in [0.5, 0.6) is 0 Å². The predicted molar refractivity (Wildman–Crippen MR) is 134 cm³/mol. The molecule has 1 saturated carbocycles. The molecular formula is C26H37N3O3S. The number of nitrogens with one attached hydrogen (secondary N) is 2. The molecule has 180 valence electrons. The molecule has 0 aliphatic heterocycles. The van der Waals surface area contributed by atoms with Gasteiger partial charge in [-0.15, -0.1) is 11.3 Å². The number of thiazole rings is 1. The molecule has 0 bridgehead atoms. The van der Waals surface area contributed by atoms with Gasteiger partial charge in [0.05, 0.1) is 18.4 Å². The standard InChI is InChI=1S/C26H37N3O3S/c1-4-5-13-27-24-29-23-18(14-22(32)28-17-9-7-6-8-10-17)25(2)12-11-21(31)26(3,16-30)20(25)15-19(23)33-24/h6-10,18,20-21,30-31H,4-5,11-16H2,1-3H3,(H,27,29)(H,28,32)/t18-,20-,21-,25+,26+/m1/s1. The summed E-state index contributed by atoms with van der Waals surface area (Å²) < 4.78 is 0. The Bertz CT molecular complexity index is 965. The van der Waals surface area contributed by atoms with Crippen LogP contribution in [-0.2, 0) is 11.2 Å². The van der Waals surface area contributed by atoms with Crippen molar-refractivity contribution in [1.29, 1.82) is 0 Å². The summed E-state index contributed by atoms with van der Waals surface area (Å²) in [6.45, 7) is 7.24. The van der Waals surface area contributed by atoms with E-state index in [0.717, 1.165) is 48.7 Å². The van der Waals surface area contributed by atoms with Crippen molar-refractivity contribution < 1.29 is 15.0 Å². The second-order valence-electron chi connectivity index (χ2n) is 10.3. The van der Waals surface area contributed by atoms with Crippen molar-refractivity contribution in [3.8, 4) is 0 Å². The number of carbonyl (C=O) groups excluding carboxylic acids is 1. The second-order valence-corrected chi connectivity index (χ2v) is 11.3. The highest BCUT2D eigenvalue weighted by molar-refractivity contribution is 7.15. The lowest BCUT2D eigenvalue weighted by molar-refractivity contribution is -0.143. The van der Waals surface area contributed by atoms with Crippen molar-refractivity contribution in [2.45, 2.75) is 71.3 Å². The molecule has 1 fully saturated rings. The Morgan fingerprint density at radius 1 is 1.27 bits per heavy atom. The van der Waals surface area contributed by atoms with Crippen LogP contribution in [0.25, 0.3) is 0 Å². The average molecular weight is 472 g/mol. The molecule has 0 unspecified atom stereocenters. The van der Waals surface area contributed by atoms with Gasteiger partial charge in [0.15, 0.2) is 5.13 Å². The molecule has 1 amide bonds. The minimum absolute atomic E-state index is 0.0238. The maximum absolute atomic E-state index is 13.2. The van der Waals surface area contributed by atoms with Crippen LogP contribution in [0, 0.1) is 16.7 Å². The van der Waals surface area contributed by atoms with Crippen LogP contribution in [0.15, 0.2) is 30.3 Å². The molecule has 1 aromatic carbocycles. The number of anilines is 2. The van der Waals surface area contributed by atoms with Gasteiger partial charge in [-0.1, -0.05) is 45.4 Å². The molecular weight excluding hydrogens is 434 g/mol. The summed E-state index contributed by atoms with van der Waals surface area (Å²) in [5.41, 5.74) is 0.989. The monoisotopic (exact) mass is 471 g/mol. The summed E-state index contributed by atoms with van der Waals surface area (Å²) >= 11 is 1.67. The van der Waals surface area contributed by atoms with Crippen LogP contribution in [0.1, 0.15) is 69.4 Å². The van der Waals surface area contributed by atoms with Crippen LogP contribution < -0.4 is 10.6 Å². The van der Waals surface area contributed by atoms with Gasteiger partial charge in [-0.25, -0.2) is 4.98 Å². The van der Waals surface area contributed by atoms with E-state index in [1.807, 2.05) is 37.3 Å². The molecule has 2 aliphatic carbocycles. The summed E-state index contributed by atoms with van der Waals surface area (Å²) in [6.07, 6.45) is 4.22. The van der Waals surface area contributed by atoms with Gasteiger partial charge in [0.25, 0.3) is 0 Å². The molecule has 2 aromatic rings. The van der Waals surface area contributed by atoms with Crippen LogP contribution in [0.4, 0.5) is 10.8 Å². The number of aliphatic hydroxyl groups is 2. The van der Waals surface area contributed by atoms with Crippen molar-refractivity contribution in [2.24, 2.45) is 16.7 Å². The molecule has 4 N–H and O–H groups in total. The van der Waals surface area contributed by atoms with Gasteiger partial charge >= 0.3 is 0 Å². The molecule has 0 radical (unpaired) electrons. The zero-order valence-corrected chi connectivity index (χ0v) is 20.8. The molecule has 6 nitrogen and oxygen atoms in total. The fraction of sp³-hybridized carbons (Fsp3) is 0.615. The lowest BCUT2D eigenvalue weighted by atomic mass is 9.47. The summed E-state index contributed by atoms with van der Waals surface area (Å²) in [4.78, 5) is 19.3. The first-order valence-electron chi connectivity index (χ1n) is 12.2. The number of unbranched alkanes of at least 4 members (excludes halogenated alkanes) is 1. The first kappa shape index (κ1) is 24.2. The summed E-state index contributed by atoms with van der Waals surface area (Å²) in [5, 5.41) is 28.7. The zero-order chi connectivity index (χ0) is 23.6. The van der Waals surface area contributed by atoms with E-state index in [1.54, 1.807) is 11.3 Å². The fourth-order valence-corrected chi connectivity index (χ4v) is 7.11. The van der Waals surface area contributed by atoms with Crippen molar-refractivity contribution in [2.75, 3.05) is 23.8 Å². The maximum atomic E-state index is 13.2. The van der Waals surface area contributed by atoms with E-state index in [2.05, 4.69) is 24.5 Å². The smallest absolute Gasteiger partial charge is 0.225 e. The van der Waals surface area contributed by atoms with E-state index in [4.69, 9.17) is 4.98 Å². The molecule has 0 spiro atoms. The molecule has 0 saturated heterocycles. The van der Waals surface area contributed by atoms with Gasteiger partial charge in [-0.05, 0) is 49.1 Å². The number of para-hydroxylation sites is 1. The predicted octanol–water partition coefficient (Wildman–Crippen LogP) is 4.80. The van der Waals surface area contributed by atoms with E-state index in [1.165, 1.54) is 4.88 Å². The van der Waals surface area contributed by atoms with Crippen molar-refractivity contribution in [3.63, 3.8) is 0 Å². The lowest BCUT2D eigenvalue weighted by Gasteiger charge is -2.58. The third-order valence-corrected chi connectivity index (χ3v) is 9.20. The number of amides is 1. The van der Waals surface area contributed by atoms with Gasteiger partial charge in [-0.2, -0.15) is 0 Å². The topological polar surface area (TPSA) is 94.5 Å². The summed E-state index contributed by atoms with van der Waals surface area (Å²) in [7, 11) is 0. The van der Waals surface area contributed by atoms with Gasteiger partial charge in [0.2, 0.25) is 5.91 Å². The Hall–Kier alpha value is -1.96. The molecule has 5 atom stereocenters. The van der Waals surface area contributed by atoms with Crippen molar-refractivity contribution in [3.05, 3.63) is 40.9 Å². The van der Waals surface area contributed by atoms with E-state index < -0.39 is 11.5 Å². The van der Waals surface area contributed by atoms with E-state index >= 15 is 0 Å². The Morgan fingerprint density at radius 2 is 2.03 bits per heavy atom. The van der Waals surface area contributed by atoms with E-state index in [0.29, 0.717) is 12.8 Å². The third kappa shape index (κ3) is 4.55. The molecule has 1 heterocycles. The largest absolute Gasteiger partial charge is 0.396 e. The van der Waals surface area contributed by atoms with Crippen LogP contribution in [0.3, 0.4) is 0 Å². The summed E-state index contributed by atoms with van der Waals surface area (Å²) in [6, 6.07) is 9.55. The minimum Gasteiger partial charge on any atom is -0.396 e. The van der Waals surface area contributed by atoms with Gasteiger partial charge in [0.1, 0.15) is 0 Å². The quantitative estimate of drug-likeness (QED) is 0.415. The number of hydrogen-bond donors (Lipinski definition) is 4. The number of fused-ring (bicyclic) bond motifs is 2. The van der Waals surface area contributed by atoms with E-state index in [9.17, 15) is 15.0 Å². The zero-order valence-electron chi connectivity index (χ0n) is 19.9. The Balaban J connectivity index is 1.68. The Morgan fingerprint density at radius 3 is 2.73 bits per heavy atom. The SMILES string of the molecule is CCCCNc1nc2c(s1)C[C@H]1[C@](C)(CO)[C@H](O)CC[C@@]1(C)[C@@H]2CC(=O)Nc1ccccc1. The van der Waals surface area contributed by atoms with Crippen molar-refractivity contribution >= 4 is 28.1 Å². The van der Waals surface area contributed by atoms with Gasteiger partial charge in [0, 0.05) is 34.9 Å². The molecule has 2 aliphatic rings. The Kier molecular flexibility index (Phi) is 7.12. The average Bonchev–Trinajstić information content (AvgIpc) is 3.21. The maximum Gasteiger partial charge on any atom is 0.225 e. The van der Waals surface area contributed by atoms with Gasteiger partial charge in [-0.3, -0.25) is 4.79 Å². The van der Waals surface area contributed by atoms with Crippen LogP contribution >= 0.6 is 11.3 Å². The number of aromatic nitrogens is 1. The van der Waals surface area contributed by atoms with Crippen molar-refractivity contribution in [1.82, 2.24) is 4.98 Å². The molecule has 4 rings (SSSR count). The number of hydrogen-bond acceptors (Lipinski definition) is 6. The second kappa shape index (κ2) is 9.72. The van der Waals surface area contributed by atoms with Crippen LogP contribution in [0.2, 0.25) is 0 Å². The molecule has 7 heteroatoms. The number of carbonyl (C=O) groups is 1. The lowest BCUT2D eigenvalue weighted by Crippen LogP contribution is -2.57. The molecule has 33 heavy (non-hydrogen) atoms. The summed E-state index contributed by atoms with van der Waals surface area (Å²) in [5.74, 6) is -0.0135. The molecule has 1 aromatic heterocycles. The number of rotatable bonds is 8. The van der Waals surface area contributed by atoms with Crippen LogP contribution in [-0.4, -0.2) is 40.4 Å². The number of nitrogens with zero attached hydrogens (tertiary/aromatic N) is 1. The van der Waals surface area contributed by atoms with E-state index in [-0.39, 0.29) is 29.8 Å². The minimum atomic E-state index is -0.599. The number of aliphatic hydroxyl groups excluding tert-OH is 2. The Labute approximate surface area is 200 Å². The highest BCUT2D eigenvalue weighted by Gasteiger charge is 2.59. The first-order chi connectivity index (χ1) is 15.8. The first-order valence-corrected chi connectivity index (χ1v) is 13.0. The highest BCUT2D eigenvalue weighted by atomic mass is 32.1. The third-order valence-electron chi connectivity index (χ3n) is 8.15. The fourth-order valence-electron chi connectivity index (χ4n) is 6.01. The number of benzene rings is 1. The normalized spacial score (nSPS) is 30.9.